The molecular weight excluding hydrogens is 327 g/mol. The highest BCUT2D eigenvalue weighted by atomic mass is 127. The molecule has 2 aliphatic heterocycles. The molecule has 2 fully saturated rings. The highest BCUT2D eigenvalue weighted by molar-refractivity contribution is 14.1. The first-order chi connectivity index (χ1) is 8.33. The largest absolute Gasteiger partial charge is 0.454 e. The molecule has 0 amide bonds. The molecule has 4 heteroatoms. The Morgan fingerprint density at radius 1 is 1.29 bits per heavy atom. The van der Waals surface area contributed by atoms with Gasteiger partial charge in [0, 0.05) is 18.6 Å². The maximum atomic E-state index is 5.59. The molecule has 0 radical (unpaired) electrons. The van der Waals surface area contributed by atoms with Gasteiger partial charge in [0.2, 0.25) is 0 Å². The van der Waals surface area contributed by atoms with Crippen LogP contribution in [-0.2, 0) is 6.54 Å². The molecule has 0 aromatic carbocycles. The minimum Gasteiger partial charge on any atom is -0.454 e. The lowest BCUT2D eigenvalue weighted by Crippen LogP contribution is -2.44. The summed E-state index contributed by atoms with van der Waals surface area (Å²) in [5.41, 5.74) is 0. The Balaban J connectivity index is 1.55. The third-order valence-electron chi connectivity index (χ3n) is 4.02. The van der Waals surface area contributed by atoms with E-state index in [0.29, 0.717) is 6.04 Å². The molecule has 2 saturated heterocycles. The summed E-state index contributed by atoms with van der Waals surface area (Å²) in [6, 6.07) is 5.54. The molecule has 17 heavy (non-hydrogen) atoms. The van der Waals surface area contributed by atoms with Crippen molar-refractivity contribution in [3.05, 3.63) is 21.7 Å². The first-order valence-corrected chi connectivity index (χ1v) is 7.62. The number of nitrogens with one attached hydrogen (secondary N) is 1. The molecule has 1 aromatic rings. The molecule has 2 unspecified atom stereocenters. The summed E-state index contributed by atoms with van der Waals surface area (Å²) in [5, 5.41) is 3.67. The van der Waals surface area contributed by atoms with Crippen LogP contribution in [0.3, 0.4) is 0 Å². The standard InChI is InChI=1S/C13H19IN2O/c14-13-5-4-10(17-13)9-15-11-6-8-16-7-2-1-3-12(11)16/h4-5,11-12,15H,1-3,6-9H2. The van der Waals surface area contributed by atoms with Crippen LogP contribution in [0, 0.1) is 3.77 Å². The van der Waals surface area contributed by atoms with E-state index in [2.05, 4.69) is 38.9 Å². The molecule has 3 rings (SSSR count). The maximum absolute atomic E-state index is 5.59. The third kappa shape index (κ3) is 2.69. The van der Waals surface area contributed by atoms with Gasteiger partial charge in [-0.15, -0.1) is 0 Å². The molecule has 2 atom stereocenters. The van der Waals surface area contributed by atoms with E-state index in [1.807, 2.05) is 6.07 Å². The number of fused-ring (bicyclic) bond motifs is 1. The van der Waals surface area contributed by atoms with Gasteiger partial charge in [-0.25, -0.2) is 0 Å². The Kier molecular flexibility index (Phi) is 3.72. The van der Waals surface area contributed by atoms with Crippen LogP contribution in [0.5, 0.6) is 0 Å². The van der Waals surface area contributed by atoms with Crippen LogP contribution in [0.15, 0.2) is 16.5 Å². The number of hydrogen-bond donors (Lipinski definition) is 1. The monoisotopic (exact) mass is 346 g/mol. The summed E-state index contributed by atoms with van der Waals surface area (Å²) in [5.74, 6) is 1.06. The average Bonchev–Trinajstić information content (AvgIpc) is 2.93. The van der Waals surface area contributed by atoms with E-state index >= 15 is 0 Å². The van der Waals surface area contributed by atoms with Crippen LogP contribution in [0.2, 0.25) is 0 Å². The Labute approximate surface area is 116 Å². The second-order valence-electron chi connectivity index (χ2n) is 5.08. The van der Waals surface area contributed by atoms with E-state index in [1.54, 1.807) is 0 Å². The normalized spacial score (nSPS) is 29.5. The Hall–Kier alpha value is -0.0700. The molecule has 0 aliphatic carbocycles. The Morgan fingerprint density at radius 2 is 2.24 bits per heavy atom. The quantitative estimate of drug-likeness (QED) is 0.853. The summed E-state index contributed by atoms with van der Waals surface area (Å²) in [6.07, 6.45) is 5.45. The van der Waals surface area contributed by atoms with Gasteiger partial charge in [-0.2, -0.15) is 0 Å². The summed E-state index contributed by atoms with van der Waals surface area (Å²) in [7, 11) is 0. The molecule has 0 bridgehead atoms. The van der Waals surface area contributed by atoms with E-state index in [-0.39, 0.29) is 0 Å². The van der Waals surface area contributed by atoms with Crippen molar-refractivity contribution in [3.8, 4) is 0 Å². The van der Waals surface area contributed by atoms with E-state index in [9.17, 15) is 0 Å². The van der Waals surface area contributed by atoms with Crippen molar-refractivity contribution in [2.75, 3.05) is 13.1 Å². The molecule has 1 N–H and O–H groups in total. The van der Waals surface area contributed by atoms with Crippen molar-refractivity contribution >= 4 is 22.6 Å². The number of halogens is 1. The number of nitrogens with zero attached hydrogens (tertiary/aromatic N) is 1. The van der Waals surface area contributed by atoms with Crippen LogP contribution in [0.4, 0.5) is 0 Å². The molecule has 3 heterocycles. The second kappa shape index (κ2) is 5.28. The fourth-order valence-corrected chi connectivity index (χ4v) is 3.63. The smallest absolute Gasteiger partial charge is 0.164 e. The van der Waals surface area contributed by atoms with Gasteiger partial charge in [0.25, 0.3) is 0 Å². The van der Waals surface area contributed by atoms with Crippen LogP contribution in [-0.4, -0.2) is 30.1 Å². The van der Waals surface area contributed by atoms with Gasteiger partial charge in [0.15, 0.2) is 3.77 Å². The number of furan rings is 1. The maximum Gasteiger partial charge on any atom is 0.164 e. The number of rotatable bonds is 3. The van der Waals surface area contributed by atoms with E-state index in [0.717, 1.165) is 22.1 Å². The minimum absolute atomic E-state index is 0.665. The lowest BCUT2D eigenvalue weighted by atomic mass is 9.99. The fraction of sp³-hybridized carbons (Fsp3) is 0.692. The minimum atomic E-state index is 0.665. The molecule has 0 saturated carbocycles. The molecule has 94 valence electrons. The van der Waals surface area contributed by atoms with Crippen LogP contribution >= 0.6 is 22.6 Å². The lowest BCUT2D eigenvalue weighted by molar-refractivity contribution is 0.179. The van der Waals surface area contributed by atoms with E-state index < -0.39 is 0 Å². The van der Waals surface area contributed by atoms with Crippen molar-refractivity contribution in [2.24, 2.45) is 0 Å². The highest BCUT2D eigenvalue weighted by Crippen LogP contribution is 2.27. The SMILES string of the molecule is Ic1ccc(CNC2CCN3CCCCC23)o1. The molecule has 3 nitrogen and oxygen atoms in total. The van der Waals surface area contributed by atoms with Gasteiger partial charge >= 0.3 is 0 Å². The van der Waals surface area contributed by atoms with E-state index in [1.165, 1.54) is 38.8 Å². The first kappa shape index (κ1) is 12.0. The summed E-state index contributed by atoms with van der Waals surface area (Å²) in [4.78, 5) is 2.66. The highest BCUT2D eigenvalue weighted by Gasteiger charge is 2.34. The predicted molar refractivity (Wildman–Crippen MR) is 75.9 cm³/mol. The third-order valence-corrected chi connectivity index (χ3v) is 4.60. The molecular formula is C13H19IN2O. The number of piperidine rings is 1. The first-order valence-electron chi connectivity index (χ1n) is 6.54. The van der Waals surface area contributed by atoms with Crippen LogP contribution in [0.25, 0.3) is 0 Å². The average molecular weight is 346 g/mol. The van der Waals surface area contributed by atoms with Crippen LogP contribution in [0.1, 0.15) is 31.4 Å². The topological polar surface area (TPSA) is 28.4 Å². The van der Waals surface area contributed by atoms with Gasteiger partial charge in [0.1, 0.15) is 5.76 Å². The summed E-state index contributed by atoms with van der Waals surface area (Å²) in [6.45, 7) is 3.46. The fourth-order valence-electron chi connectivity index (χ4n) is 3.16. The Morgan fingerprint density at radius 3 is 3.06 bits per heavy atom. The number of hydrogen-bond acceptors (Lipinski definition) is 3. The van der Waals surface area contributed by atoms with E-state index in [4.69, 9.17) is 4.42 Å². The molecule has 1 aromatic heterocycles. The van der Waals surface area contributed by atoms with Crippen LogP contribution < -0.4 is 5.32 Å². The molecule has 0 spiro atoms. The zero-order valence-corrected chi connectivity index (χ0v) is 12.2. The van der Waals surface area contributed by atoms with Crippen molar-refractivity contribution in [3.63, 3.8) is 0 Å². The van der Waals surface area contributed by atoms with Gasteiger partial charge < -0.3 is 9.73 Å². The second-order valence-corrected chi connectivity index (χ2v) is 6.14. The van der Waals surface area contributed by atoms with Gasteiger partial charge in [-0.05, 0) is 60.5 Å². The van der Waals surface area contributed by atoms with Crippen molar-refractivity contribution < 1.29 is 4.42 Å². The van der Waals surface area contributed by atoms with Crippen molar-refractivity contribution in [1.29, 1.82) is 0 Å². The zero-order valence-electron chi connectivity index (χ0n) is 9.99. The zero-order chi connectivity index (χ0) is 11.7. The lowest BCUT2D eigenvalue weighted by Gasteiger charge is -2.32. The van der Waals surface area contributed by atoms with Gasteiger partial charge in [-0.3, -0.25) is 4.90 Å². The Bertz CT molecular complexity index is 379. The van der Waals surface area contributed by atoms with Crippen molar-refractivity contribution in [2.45, 2.75) is 44.3 Å². The van der Waals surface area contributed by atoms with Gasteiger partial charge in [-0.1, -0.05) is 6.42 Å². The predicted octanol–water partition coefficient (Wildman–Crippen LogP) is 2.60. The summed E-state index contributed by atoms with van der Waals surface area (Å²) < 4.78 is 6.57. The molecule has 2 aliphatic rings. The summed E-state index contributed by atoms with van der Waals surface area (Å²) >= 11 is 2.22. The van der Waals surface area contributed by atoms with Gasteiger partial charge in [0.05, 0.1) is 6.54 Å². The van der Waals surface area contributed by atoms with Crippen molar-refractivity contribution in [1.82, 2.24) is 10.2 Å².